The Kier molecular flexibility index (Phi) is 7.00. The molecule has 1 amide bonds. The number of ether oxygens (including phenoxy) is 2. The Morgan fingerprint density at radius 2 is 1.61 bits per heavy atom. The standard InChI is InChI=1S/C12H21NO5/c1-5-12(4,11(16)18-7-3)13-9(14)8-10(15)17-6-2/h5-8H2,1-4H3,(H,13,14)/t12-/m1/s1. The summed E-state index contributed by atoms with van der Waals surface area (Å²) in [6.07, 6.45) is -0.0246. The number of carbonyl (C=O) groups excluding carboxylic acids is 3. The molecule has 0 heterocycles. The van der Waals surface area contributed by atoms with Gasteiger partial charge in [-0.1, -0.05) is 6.92 Å². The van der Waals surface area contributed by atoms with Crippen LogP contribution in [-0.2, 0) is 23.9 Å². The van der Waals surface area contributed by atoms with Gasteiger partial charge >= 0.3 is 11.9 Å². The zero-order valence-electron chi connectivity index (χ0n) is 11.4. The molecule has 18 heavy (non-hydrogen) atoms. The lowest BCUT2D eigenvalue weighted by Gasteiger charge is -2.26. The van der Waals surface area contributed by atoms with Crippen LogP contribution in [0.15, 0.2) is 0 Å². The van der Waals surface area contributed by atoms with Gasteiger partial charge in [0.2, 0.25) is 5.91 Å². The molecule has 6 heteroatoms. The predicted molar refractivity (Wildman–Crippen MR) is 64.7 cm³/mol. The third-order valence-corrected chi connectivity index (χ3v) is 2.46. The van der Waals surface area contributed by atoms with Crippen molar-refractivity contribution in [2.75, 3.05) is 13.2 Å². The van der Waals surface area contributed by atoms with Crippen molar-refractivity contribution in [1.29, 1.82) is 0 Å². The molecule has 1 N–H and O–H groups in total. The molecule has 0 rings (SSSR count). The molecule has 6 nitrogen and oxygen atoms in total. The Morgan fingerprint density at radius 3 is 2.06 bits per heavy atom. The van der Waals surface area contributed by atoms with E-state index in [2.05, 4.69) is 10.1 Å². The zero-order valence-corrected chi connectivity index (χ0v) is 11.4. The molecule has 0 spiro atoms. The predicted octanol–water partition coefficient (Wildman–Crippen LogP) is 0.788. The monoisotopic (exact) mass is 259 g/mol. The van der Waals surface area contributed by atoms with Crippen LogP contribution in [-0.4, -0.2) is 36.6 Å². The van der Waals surface area contributed by atoms with Gasteiger partial charge in [-0.3, -0.25) is 9.59 Å². The fraction of sp³-hybridized carbons (Fsp3) is 0.750. The van der Waals surface area contributed by atoms with Crippen LogP contribution < -0.4 is 5.32 Å². The maximum absolute atomic E-state index is 11.7. The molecule has 0 aliphatic carbocycles. The van der Waals surface area contributed by atoms with Gasteiger partial charge in [0.25, 0.3) is 0 Å². The van der Waals surface area contributed by atoms with Gasteiger partial charge in [-0.25, -0.2) is 4.79 Å². The molecule has 0 fully saturated rings. The maximum Gasteiger partial charge on any atom is 0.331 e. The van der Waals surface area contributed by atoms with Gasteiger partial charge in [0.05, 0.1) is 13.2 Å². The SMILES string of the molecule is CCOC(=O)CC(=O)N[C@](C)(CC)C(=O)OCC. The summed E-state index contributed by atoms with van der Waals surface area (Å²) in [5.74, 6) is -1.67. The van der Waals surface area contributed by atoms with Crippen molar-refractivity contribution in [3.05, 3.63) is 0 Å². The molecular weight excluding hydrogens is 238 g/mol. The quantitative estimate of drug-likeness (QED) is 0.540. The summed E-state index contributed by atoms with van der Waals surface area (Å²) in [5, 5.41) is 2.50. The van der Waals surface area contributed by atoms with Crippen LogP contribution in [0.5, 0.6) is 0 Å². The zero-order chi connectivity index (χ0) is 14.2. The number of amides is 1. The molecule has 0 unspecified atom stereocenters. The Hall–Kier alpha value is -1.59. The van der Waals surface area contributed by atoms with Crippen molar-refractivity contribution in [3.63, 3.8) is 0 Å². The molecule has 0 saturated carbocycles. The molecule has 0 radical (unpaired) electrons. The third-order valence-electron chi connectivity index (χ3n) is 2.46. The smallest absolute Gasteiger partial charge is 0.331 e. The molecular formula is C12H21NO5. The van der Waals surface area contributed by atoms with Crippen LogP contribution in [0, 0.1) is 0 Å². The van der Waals surface area contributed by atoms with E-state index in [1.807, 2.05) is 0 Å². The van der Waals surface area contributed by atoms with Crippen molar-refractivity contribution < 1.29 is 23.9 Å². The molecule has 0 aromatic carbocycles. The Morgan fingerprint density at radius 1 is 1.06 bits per heavy atom. The lowest BCUT2D eigenvalue weighted by atomic mass is 9.99. The molecule has 0 bridgehead atoms. The fourth-order valence-corrected chi connectivity index (χ4v) is 1.27. The molecule has 0 saturated heterocycles. The Bertz CT molecular complexity index is 316. The number of hydrogen-bond donors (Lipinski definition) is 1. The third kappa shape index (κ3) is 5.16. The van der Waals surface area contributed by atoms with Crippen LogP contribution in [0.4, 0.5) is 0 Å². The lowest BCUT2D eigenvalue weighted by Crippen LogP contribution is -2.53. The van der Waals surface area contributed by atoms with Gasteiger partial charge in [-0.15, -0.1) is 0 Å². The van der Waals surface area contributed by atoms with Gasteiger partial charge in [0.1, 0.15) is 12.0 Å². The first-order valence-electron chi connectivity index (χ1n) is 6.03. The summed E-state index contributed by atoms with van der Waals surface area (Å²) in [6.45, 7) is 7.12. The van der Waals surface area contributed by atoms with Crippen molar-refractivity contribution in [3.8, 4) is 0 Å². The van der Waals surface area contributed by atoms with Crippen molar-refractivity contribution in [2.45, 2.75) is 46.1 Å². The van der Waals surface area contributed by atoms with Crippen molar-refractivity contribution in [2.24, 2.45) is 0 Å². The van der Waals surface area contributed by atoms with E-state index in [4.69, 9.17) is 4.74 Å². The first-order valence-corrected chi connectivity index (χ1v) is 6.03. The summed E-state index contributed by atoms with van der Waals surface area (Å²) >= 11 is 0. The molecule has 0 aliphatic rings. The number of carbonyl (C=O) groups is 3. The van der Waals surface area contributed by atoms with Crippen LogP contribution in [0.2, 0.25) is 0 Å². The van der Waals surface area contributed by atoms with E-state index in [9.17, 15) is 14.4 Å². The highest BCUT2D eigenvalue weighted by Gasteiger charge is 2.34. The van der Waals surface area contributed by atoms with E-state index < -0.39 is 29.8 Å². The largest absolute Gasteiger partial charge is 0.466 e. The normalized spacial score (nSPS) is 13.3. The molecule has 0 aliphatic heterocycles. The second kappa shape index (κ2) is 7.68. The lowest BCUT2D eigenvalue weighted by molar-refractivity contribution is -0.154. The average molecular weight is 259 g/mol. The number of hydrogen-bond acceptors (Lipinski definition) is 5. The van der Waals surface area contributed by atoms with Crippen LogP contribution in [0.1, 0.15) is 40.5 Å². The number of rotatable bonds is 7. The van der Waals surface area contributed by atoms with E-state index in [-0.39, 0.29) is 13.2 Å². The number of nitrogens with one attached hydrogen (secondary N) is 1. The average Bonchev–Trinajstić information content (AvgIpc) is 2.29. The summed E-state index contributed by atoms with van der Waals surface area (Å²) < 4.78 is 9.53. The minimum Gasteiger partial charge on any atom is -0.466 e. The van der Waals surface area contributed by atoms with Gasteiger partial charge < -0.3 is 14.8 Å². The van der Waals surface area contributed by atoms with Crippen LogP contribution in [0.3, 0.4) is 0 Å². The number of esters is 2. The molecule has 104 valence electrons. The van der Waals surface area contributed by atoms with E-state index in [0.717, 1.165) is 0 Å². The van der Waals surface area contributed by atoms with Gasteiger partial charge in [-0.05, 0) is 27.2 Å². The fourth-order valence-electron chi connectivity index (χ4n) is 1.27. The highest BCUT2D eigenvalue weighted by atomic mass is 16.5. The molecule has 0 aromatic heterocycles. The Labute approximate surface area is 107 Å². The van der Waals surface area contributed by atoms with Crippen LogP contribution in [0.25, 0.3) is 0 Å². The second-order valence-corrected chi connectivity index (χ2v) is 3.94. The maximum atomic E-state index is 11.7. The highest BCUT2D eigenvalue weighted by molar-refractivity contribution is 5.97. The van der Waals surface area contributed by atoms with Gasteiger partial charge in [0.15, 0.2) is 0 Å². The summed E-state index contributed by atoms with van der Waals surface area (Å²) in [6, 6.07) is 0. The van der Waals surface area contributed by atoms with Crippen molar-refractivity contribution >= 4 is 17.8 Å². The van der Waals surface area contributed by atoms with E-state index in [1.165, 1.54) is 0 Å². The summed E-state index contributed by atoms with van der Waals surface area (Å²) in [4.78, 5) is 34.4. The Balaban J connectivity index is 4.48. The van der Waals surface area contributed by atoms with E-state index in [0.29, 0.717) is 6.42 Å². The summed E-state index contributed by atoms with van der Waals surface area (Å²) in [7, 11) is 0. The topological polar surface area (TPSA) is 81.7 Å². The second-order valence-electron chi connectivity index (χ2n) is 3.94. The van der Waals surface area contributed by atoms with E-state index >= 15 is 0 Å². The first kappa shape index (κ1) is 16.4. The van der Waals surface area contributed by atoms with Crippen LogP contribution >= 0.6 is 0 Å². The first-order chi connectivity index (χ1) is 8.39. The van der Waals surface area contributed by atoms with E-state index in [1.54, 1.807) is 27.7 Å². The molecule has 0 aromatic rings. The highest BCUT2D eigenvalue weighted by Crippen LogP contribution is 2.12. The summed E-state index contributed by atoms with van der Waals surface area (Å²) in [5.41, 5.74) is -1.11. The minimum absolute atomic E-state index is 0.217. The van der Waals surface area contributed by atoms with Gasteiger partial charge in [-0.2, -0.15) is 0 Å². The van der Waals surface area contributed by atoms with Gasteiger partial charge in [0, 0.05) is 0 Å². The van der Waals surface area contributed by atoms with Crippen molar-refractivity contribution in [1.82, 2.24) is 5.32 Å². The minimum atomic E-state index is -1.11. The molecule has 1 atom stereocenters.